The Balaban J connectivity index is 2.20. The lowest BCUT2D eigenvalue weighted by Gasteiger charge is -2.09. The molecule has 1 amide bonds. The van der Waals surface area contributed by atoms with Gasteiger partial charge in [-0.05, 0) is 36.6 Å². The lowest BCUT2D eigenvalue weighted by atomic mass is 10.0. The van der Waals surface area contributed by atoms with E-state index in [-0.39, 0.29) is 12.5 Å². The summed E-state index contributed by atoms with van der Waals surface area (Å²) in [5.74, 6) is 0.714. The Morgan fingerprint density at radius 2 is 2.35 bits per heavy atom. The quantitative estimate of drug-likeness (QED) is 0.896. The van der Waals surface area contributed by atoms with E-state index < -0.39 is 0 Å². The van der Waals surface area contributed by atoms with Gasteiger partial charge in [-0.1, -0.05) is 18.2 Å². The average molecular weight is 252 g/mol. The number of hydrogen-bond donors (Lipinski definition) is 1. The van der Waals surface area contributed by atoms with E-state index in [9.17, 15) is 4.79 Å². The maximum Gasteiger partial charge on any atom is 0.251 e. The minimum atomic E-state index is -0.00852. The van der Waals surface area contributed by atoms with Crippen molar-refractivity contribution in [3.63, 3.8) is 0 Å². The molecule has 0 bridgehead atoms. The number of nitrogens with one attached hydrogen (secondary N) is 1. The Kier molecular flexibility index (Phi) is 3.69. The van der Waals surface area contributed by atoms with Crippen LogP contribution in [0.5, 0.6) is 5.75 Å². The van der Waals surface area contributed by atoms with Gasteiger partial charge in [-0.25, -0.2) is 0 Å². The smallest absolute Gasteiger partial charge is 0.251 e. The molecule has 2 rings (SSSR count). The Morgan fingerprint density at radius 1 is 1.53 bits per heavy atom. The number of ether oxygens (including phenoxy) is 1. The Hall–Kier alpha value is -1.48. The van der Waals surface area contributed by atoms with Gasteiger partial charge in [-0.15, -0.1) is 0 Å². The fourth-order valence-electron chi connectivity index (χ4n) is 1.83. The SMILES string of the molecule is C=C(Cl)COc1ccc2c(c1)CCCNC2=O. The summed E-state index contributed by atoms with van der Waals surface area (Å²) < 4.78 is 5.45. The van der Waals surface area contributed by atoms with Gasteiger partial charge in [0, 0.05) is 17.1 Å². The van der Waals surface area contributed by atoms with Crippen LogP contribution < -0.4 is 10.1 Å². The number of amides is 1. The third-order valence-corrected chi connectivity index (χ3v) is 2.73. The van der Waals surface area contributed by atoms with Gasteiger partial charge in [-0.3, -0.25) is 4.79 Å². The summed E-state index contributed by atoms with van der Waals surface area (Å²) in [6.45, 7) is 4.57. The van der Waals surface area contributed by atoms with E-state index in [0.29, 0.717) is 5.03 Å². The summed E-state index contributed by atoms with van der Waals surface area (Å²) in [7, 11) is 0. The zero-order valence-electron chi connectivity index (χ0n) is 9.46. The second-order valence-electron chi connectivity index (χ2n) is 3.98. The molecule has 17 heavy (non-hydrogen) atoms. The highest BCUT2D eigenvalue weighted by Crippen LogP contribution is 2.21. The number of rotatable bonds is 3. The molecule has 1 aliphatic rings. The number of hydrogen-bond acceptors (Lipinski definition) is 2. The Morgan fingerprint density at radius 3 is 3.12 bits per heavy atom. The summed E-state index contributed by atoms with van der Waals surface area (Å²) in [6.07, 6.45) is 1.83. The van der Waals surface area contributed by atoms with Crippen molar-refractivity contribution in [2.24, 2.45) is 0 Å². The van der Waals surface area contributed by atoms with Crippen LogP contribution >= 0.6 is 11.6 Å². The van der Waals surface area contributed by atoms with E-state index in [4.69, 9.17) is 16.3 Å². The first-order valence-corrected chi connectivity index (χ1v) is 5.92. The monoisotopic (exact) mass is 251 g/mol. The van der Waals surface area contributed by atoms with Crippen molar-refractivity contribution in [3.8, 4) is 5.75 Å². The van der Waals surface area contributed by atoms with Crippen molar-refractivity contribution < 1.29 is 9.53 Å². The highest BCUT2D eigenvalue weighted by Gasteiger charge is 2.15. The van der Waals surface area contributed by atoms with E-state index in [0.717, 1.165) is 36.3 Å². The topological polar surface area (TPSA) is 38.3 Å². The highest BCUT2D eigenvalue weighted by molar-refractivity contribution is 6.29. The third-order valence-electron chi connectivity index (χ3n) is 2.63. The molecule has 0 radical (unpaired) electrons. The molecule has 0 fully saturated rings. The third kappa shape index (κ3) is 3.01. The number of carbonyl (C=O) groups is 1. The molecule has 0 spiro atoms. The largest absolute Gasteiger partial charge is 0.488 e. The molecular formula is C13H14ClNO2. The minimum Gasteiger partial charge on any atom is -0.488 e. The molecule has 4 heteroatoms. The zero-order valence-corrected chi connectivity index (χ0v) is 10.2. The lowest BCUT2D eigenvalue weighted by Crippen LogP contribution is -2.22. The lowest BCUT2D eigenvalue weighted by molar-refractivity contribution is 0.0956. The number of fused-ring (bicyclic) bond motifs is 1. The van der Waals surface area contributed by atoms with Gasteiger partial charge in [0.05, 0.1) is 0 Å². The van der Waals surface area contributed by atoms with Crippen molar-refractivity contribution in [2.45, 2.75) is 12.8 Å². The summed E-state index contributed by atoms with van der Waals surface area (Å²) in [6, 6.07) is 5.48. The van der Waals surface area contributed by atoms with Crippen molar-refractivity contribution >= 4 is 17.5 Å². The van der Waals surface area contributed by atoms with Crippen LogP contribution in [0.2, 0.25) is 0 Å². The number of aryl methyl sites for hydroxylation is 1. The summed E-state index contributed by atoms with van der Waals surface area (Å²) >= 11 is 5.64. The molecule has 0 aliphatic carbocycles. The minimum absolute atomic E-state index is 0.00852. The molecular weight excluding hydrogens is 238 g/mol. The maximum absolute atomic E-state index is 11.7. The first-order chi connectivity index (χ1) is 8.16. The Bertz CT molecular complexity index is 457. The molecule has 1 N–H and O–H groups in total. The predicted molar refractivity (Wildman–Crippen MR) is 67.6 cm³/mol. The van der Waals surface area contributed by atoms with Crippen molar-refractivity contribution in [1.29, 1.82) is 0 Å². The molecule has 1 aromatic rings. The predicted octanol–water partition coefficient (Wildman–Crippen LogP) is 2.49. The van der Waals surface area contributed by atoms with Crippen LogP contribution in [-0.4, -0.2) is 19.1 Å². The van der Waals surface area contributed by atoms with Crippen molar-refractivity contribution in [2.75, 3.05) is 13.2 Å². The first kappa shape index (κ1) is 12.0. The van der Waals surface area contributed by atoms with Gasteiger partial charge in [0.15, 0.2) is 0 Å². The summed E-state index contributed by atoms with van der Waals surface area (Å²) in [5, 5.41) is 3.31. The number of carbonyl (C=O) groups excluding carboxylic acids is 1. The van der Waals surface area contributed by atoms with Crippen LogP contribution in [0.15, 0.2) is 29.8 Å². The van der Waals surface area contributed by atoms with Gasteiger partial charge in [0.2, 0.25) is 0 Å². The van der Waals surface area contributed by atoms with E-state index in [1.807, 2.05) is 6.07 Å². The molecule has 0 saturated heterocycles. The molecule has 1 heterocycles. The van der Waals surface area contributed by atoms with Gasteiger partial charge in [-0.2, -0.15) is 0 Å². The van der Waals surface area contributed by atoms with Gasteiger partial charge in [0.25, 0.3) is 5.91 Å². The molecule has 90 valence electrons. The second-order valence-corrected chi connectivity index (χ2v) is 4.52. The van der Waals surface area contributed by atoms with Crippen LogP contribution in [0.25, 0.3) is 0 Å². The molecule has 0 unspecified atom stereocenters. The zero-order chi connectivity index (χ0) is 12.3. The van der Waals surface area contributed by atoms with Crippen LogP contribution in [0.3, 0.4) is 0 Å². The van der Waals surface area contributed by atoms with E-state index in [2.05, 4.69) is 11.9 Å². The van der Waals surface area contributed by atoms with Crippen molar-refractivity contribution in [1.82, 2.24) is 5.32 Å². The summed E-state index contributed by atoms with van der Waals surface area (Å²) in [5.41, 5.74) is 1.76. The summed E-state index contributed by atoms with van der Waals surface area (Å²) in [4.78, 5) is 11.7. The highest BCUT2D eigenvalue weighted by atomic mass is 35.5. The van der Waals surface area contributed by atoms with E-state index in [1.54, 1.807) is 12.1 Å². The standard InChI is InChI=1S/C13H14ClNO2/c1-9(14)8-17-11-4-5-12-10(7-11)3-2-6-15-13(12)16/h4-5,7H,1-3,6,8H2,(H,15,16). The van der Waals surface area contributed by atoms with Gasteiger partial charge < -0.3 is 10.1 Å². The maximum atomic E-state index is 11.7. The fourth-order valence-corrected chi connectivity index (χ4v) is 1.88. The number of benzene rings is 1. The van der Waals surface area contributed by atoms with Crippen LogP contribution in [0, 0.1) is 0 Å². The van der Waals surface area contributed by atoms with Gasteiger partial charge in [0.1, 0.15) is 12.4 Å². The Labute approximate surface area is 105 Å². The molecule has 3 nitrogen and oxygen atoms in total. The molecule has 0 saturated carbocycles. The van der Waals surface area contributed by atoms with Gasteiger partial charge >= 0.3 is 0 Å². The fraction of sp³-hybridized carbons (Fsp3) is 0.308. The normalized spacial score (nSPS) is 14.5. The molecule has 0 aromatic heterocycles. The van der Waals surface area contributed by atoms with E-state index in [1.165, 1.54) is 0 Å². The van der Waals surface area contributed by atoms with Crippen LogP contribution in [0.1, 0.15) is 22.3 Å². The molecule has 1 aliphatic heterocycles. The number of halogens is 1. The second kappa shape index (κ2) is 5.23. The first-order valence-electron chi connectivity index (χ1n) is 5.54. The van der Waals surface area contributed by atoms with Crippen LogP contribution in [0.4, 0.5) is 0 Å². The average Bonchev–Trinajstić information content (AvgIpc) is 2.49. The van der Waals surface area contributed by atoms with Crippen LogP contribution in [-0.2, 0) is 6.42 Å². The van der Waals surface area contributed by atoms with E-state index >= 15 is 0 Å². The molecule has 0 atom stereocenters. The van der Waals surface area contributed by atoms with Crippen molar-refractivity contribution in [3.05, 3.63) is 40.9 Å². The molecule has 1 aromatic carbocycles.